The Morgan fingerprint density at radius 2 is 1.81 bits per heavy atom. The van der Waals surface area contributed by atoms with Crippen molar-refractivity contribution in [3.63, 3.8) is 0 Å². The summed E-state index contributed by atoms with van der Waals surface area (Å²) < 4.78 is 38.4. The van der Waals surface area contributed by atoms with Crippen molar-refractivity contribution in [3.8, 4) is 0 Å². The van der Waals surface area contributed by atoms with Gasteiger partial charge in [-0.05, 0) is 40.4 Å². The number of fused-ring (bicyclic) bond motifs is 2. The van der Waals surface area contributed by atoms with Crippen molar-refractivity contribution in [2.45, 2.75) is 12.6 Å². The molecule has 0 aliphatic carbocycles. The van der Waals surface area contributed by atoms with Gasteiger partial charge in [0.05, 0.1) is 11.3 Å². The third kappa shape index (κ3) is 2.71. The van der Waals surface area contributed by atoms with Crippen molar-refractivity contribution < 1.29 is 22.8 Å². The van der Waals surface area contributed by atoms with Gasteiger partial charge >= 0.3 is 6.18 Å². The number of Topliss-reactive ketones (excluding diaryl/α,β-unsaturated/α-hetero) is 2. The van der Waals surface area contributed by atoms with Gasteiger partial charge in [0, 0.05) is 9.40 Å². The lowest BCUT2D eigenvalue weighted by molar-refractivity contribution is -0.170. The predicted molar refractivity (Wildman–Crippen MR) is 77.2 cm³/mol. The van der Waals surface area contributed by atoms with E-state index in [1.165, 1.54) is 0 Å². The van der Waals surface area contributed by atoms with Gasteiger partial charge in [-0.25, -0.2) is 0 Å². The van der Waals surface area contributed by atoms with E-state index in [1.807, 2.05) is 23.6 Å². The van der Waals surface area contributed by atoms with Gasteiger partial charge in [-0.3, -0.25) is 9.59 Å². The maximum atomic E-state index is 12.2. The number of ketones is 2. The maximum absolute atomic E-state index is 12.2. The third-order valence-electron chi connectivity index (χ3n) is 3.00. The first kappa shape index (κ1) is 14.2. The van der Waals surface area contributed by atoms with Crippen molar-refractivity contribution in [3.05, 3.63) is 34.5 Å². The Morgan fingerprint density at radius 3 is 2.52 bits per heavy atom. The highest BCUT2D eigenvalue weighted by atomic mass is 32.1. The molecule has 7 heteroatoms. The molecule has 108 valence electrons. The van der Waals surface area contributed by atoms with E-state index in [4.69, 9.17) is 0 Å². The van der Waals surface area contributed by atoms with E-state index in [-0.39, 0.29) is 4.88 Å². The van der Waals surface area contributed by atoms with E-state index in [0.29, 0.717) is 0 Å². The highest BCUT2D eigenvalue weighted by molar-refractivity contribution is 7.22. The molecule has 0 atom stereocenters. The quantitative estimate of drug-likeness (QED) is 0.510. The number of hydrogen-bond donors (Lipinski definition) is 0. The Labute approximate surface area is 124 Å². The SMILES string of the molecule is O=C(CC(=O)C(F)(F)F)c1cc2cc3ccsc3cc2s1. The van der Waals surface area contributed by atoms with Crippen LogP contribution in [0, 0.1) is 0 Å². The van der Waals surface area contributed by atoms with Crippen LogP contribution < -0.4 is 0 Å². The molecule has 0 spiro atoms. The Balaban J connectivity index is 1.93. The zero-order valence-corrected chi connectivity index (χ0v) is 12.0. The van der Waals surface area contributed by atoms with Gasteiger partial charge in [0.1, 0.15) is 0 Å². The molecule has 0 aliphatic rings. The number of alkyl halides is 3. The van der Waals surface area contributed by atoms with Crippen LogP contribution in [-0.2, 0) is 4.79 Å². The average Bonchev–Trinajstić information content (AvgIpc) is 2.99. The van der Waals surface area contributed by atoms with Gasteiger partial charge in [0.25, 0.3) is 0 Å². The van der Waals surface area contributed by atoms with Crippen LogP contribution >= 0.6 is 22.7 Å². The van der Waals surface area contributed by atoms with Crippen molar-refractivity contribution in [2.75, 3.05) is 0 Å². The van der Waals surface area contributed by atoms with Gasteiger partial charge < -0.3 is 0 Å². The van der Waals surface area contributed by atoms with Crippen LogP contribution in [0.15, 0.2) is 29.6 Å². The second-order valence-corrected chi connectivity index (χ2v) is 6.51. The molecule has 2 aromatic heterocycles. The second-order valence-electron chi connectivity index (χ2n) is 4.48. The smallest absolute Gasteiger partial charge is 0.293 e. The number of benzene rings is 1. The highest BCUT2D eigenvalue weighted by Gasteiger charge is 2.39. The van der Waals surface area contributed by atoms with Crippen molar-refractivity contribution in [2.24, 2.45) is 0 Å². The van der Waals surface area contributed by atoms with E-state index >= 15 is 0 Å². The summed E-state index contributed by atoms with van der Waals surface area (Å²) in [5.74, 6) is -2.80. The van der Waals surface area contributed by atoms with Crippen LogP contribution in [0.1, 0.15) is 16.1 Å². The molecule has 0 N–H and O–H groups in total. The summed E-state index contributed by atoms with van der Waals surface area (Å²) in [5.41, 5.74) is 0. The first-order valence-corrected chi connectivity index (χ1v) is 7.58. The molecule has 0 amide bonds. The minimum atomic E-state index is -4.96. The molecule has 3 aromatic rings. The molecule has 1 aromatic carbocycles. The van der Waals surface area contributed by atoms with Gasteiger partial charge in [-0.1, -0.05) is 0 Å². The van der Waals surface area contributed by atoms with Gasteiger partial charge in [0.15, 0.2) is 5.78 Å². The van der Waals surface area contributed by atoms with Crippen molar-refractivity contribution >= 4 is 54.4 Å². The summed E-state index contributed by atoms with van der Waals surface area (Å²) in [5, 5.41) is 3.77. The minimum Gasteiger partial charge on any atom is -0.293 e. The van der Waals surface area contributed by atoms with Crippen molar-refractivity contribution in [1.29, 1.82) is 0 Å². The summed E-state index contributed by atoms with van der Waals surface area (Å²) in [4.78, 5) is 22.8. The Kier molecular flexibility index (Phi) is 3.33. The van der Waals surface area contributed by atoms with Crippen LogP contribution in [0.5, 0.6) is 0 Å². The monoisotopic (exact) mass is 328 g/mol. The van der Waals surface area contributed by atoms with E-state index in [9.17, 15) is 22.8 Å². The molecule has 0 aliphatic heterocycles. The summed E-state index contributed by atoms with van der Waals surface area (Å²) in [6.07, 6.45) is -6.10. The third-order valence-corrected chi connectivity index (χ3v) is 5.02. The topological polar surface area (TPSA) is 34.1 Å². The summed E-state index contributed by atoms with van der Waals surface area (Å²) in [6.45, 7) is 0. The zero-order chi connectivity index (χ0) is 15.2. The molecule has 2 heterocycles. The Bertz CT molecular complexity index is 810. The molecular formula is C14H7F3O2S2. The lowest BCUT2D eigenvalue weighted by atomic mass is 10.1. The largest absolute Gasteiger partial charge is 0.450 e. The standard InChI is InChI=1S/C14H7F3O2S2/c15-14(16,17)13(19)5-9(18)12-4-8-3-7-1-2-20-10(7)6-11(8)21-12/h1-4,6H,5H2. The molecular weight excluding hydrogens is 321 g/mol. The number of carbonyl (C=O) groups excluding carboxylic acids is 2. The highest BCUT2D eigenvalue weighted by Crippen LogP contribution is 2.33. The van der Waals surface area contributed by atoms with E-state index in [2.05, 4.69) is 0 Å². The summed E-state index contributed by atoms with van der Waals surface area (Å²) >= 11 is 2.67. The molecule has 0 saturated carbocycles. The lowest BCUT2D eigenvalue weighted by Crippen LogP contribution is -2.25. The first-order chi connectivity index (χ1) is 9.84. The molecule has 0 fully saturated rings. The normalized spacial score (nSPS) is 12.1. The number of hydrogen-bond acceptors (Lipinski definition) is 4. The Hall–Kier alpha value is -1.73. The molecule has 0 radical (unpaired) electrons. The molecule has 2 nitrogen and oxygen atoms in total. The maximum Gasteiger partial charge on any atom is 0.450 e. The molecule has 21 heavy (non-hydrogen) atoms. The van der Waals surface area contributed by atoms with Gasteiger partial charge in [-0.15, -0.1) is 22.7 Å². The second kappa shape index (κ2) is 4.92. The Morgan fingerprint density at radius 1 is 1.05 bits per heavy atom. The summed E-state index contributed by atoms with van der Waals surface area (Å²) in [7, 11) is 0. The number of thiophene rings is 2. The fraction of sp³-hybridized carbons (Fsp3) is 0.143. The number of halogens is 3. The number of carbonyl (C=O) groups is 2. The molecule has 0 unspecified atom stereocenters. The van der Waals surface area contributed by atoms with Crippen LogP contribution in [0.25, 0.3) is 20.2 Å². The minimum absolute atomic E-state index is 0.181. The lowest BCUT2D eigenvalue weighted by Gasteiger charge is -2.02. The average molecular weight is 328 g/mol. The van der Waals surface area contributed by atoms with Crippen LogP contribution in [-0.4, -0.2) is 17.7 Å². The van der Waals surface area contributed by atoms with E-state index < -0.39 is 24.2 Å². The summed E-state index contributed by atoms with van der Waals surface area (Å²) in [6, 6.07) is 7.28. The number of rotatable bonds is 3. The molecule has 0 bridgehead atoms. The first-order valence-electron chi connectivity index (χ1n) is 5.88. The molecule has 0 saturated heterocycles. The van der Waals surface area contributed by atoms with Gasteiger partial charge in [-0.2, -0.15) is 13.2 Å². The van der Waals surface area contributed by atoms with Crippen LogP contribution in [0.4, 0.5) is 13.2 Å². The van der Waals surface area contributed by atoms with Crippen LogP contribution in [0.3, 0.4) is 0 Å². The predicted octanol–water partition coefficient (Wildman–Crippen LogP) is 4.82. The van der Waals surface area contributed by atoms with Crippen LogP contribution in [0.2, 0.25) is 0 Å². The molecule has 3 rings (SSSR count). The van der Waals surface area contributed by atoms with Crippen molar-refractivity contribution in [1.82, 2.24) is 0 Å². The van der Waals surface area contributed by atoms with E-state index in [1.54, 1.807) is 17.4 Å². The fourth-order valence-corrected chi connectivity index (χ4v) is 3.88. The van der Waals surface area contributed by atoms with Gasteiger partial charge in [0.2, 0.25) is 5.78 Å². The fourth-order valence-electron chi connectivity index (χ4n) is 1.97. The zero-order valence-electron chi connectivity index (χ0n) is 10.4. The van der Waals surface area contributed by atoms with E-state index in [0.717, 1.165) is 31.5 Å².